The highest BCUT2D eigenvalue weighted by atomic mass is 32.2. The zero-order valence-corrected chi connectivity index (χ0v) is 17.0. The number of hydrogen-bond donors (Lipinski definition) is 2. The molecule has 2 unspecified atom stereocenters. The number of aromatic nitrogens is 2. The van der Waals surface area contributed by atoms with Crippen LogP contribution >= 0.6 is 0 Å². The molecule has 1 aliphatic rings. The standard InChI is InChI=1S/C20H21FN4O3S/c1-12-8-17(4-5-18(12)21)29(27,28)25-19-9-16(11-23-13(19)2)15-6-7-22-20(10-15)24-14(3)26/h4-12,18,25H,1-3H3,(H,22,24,26). The third-order valence-electron chi connectivity index (χ3n) is 4.41. The van der Waals surface area contributed by atoms with E-state index >= 15 is 0 Å². The van der Waals surface area contributed by atoms with Crippen LogP contribution in [0, 0.1) is 12.8 Å². The molecule has 0 spiro atoms. The highest BCUT2D eigenvalue weighted by molar-refractivity contribution is 7.96. The summed E-state index contributed by atoms with van der Waals surface area (Å²) in [5.74, 6) is -0.394. The number of anilines is 2. The van der Waals surface area contributed by atoms with Gasteiger partial charge in [0.15, 0.2) is 0 Å². The topological polar surface area (TPSA) is 101 Å². The van der Waals surface area contributed by atoms with E-state index in [1.807, 2.05) is 0 Å². The maximum absolute atomic E-state index is 13.6. The highest BCUT2D eigenvalue weighted by Gasteiger charge is 2.24. The third kappa shape index (κ3) is 4.86. The van der Waals surface area contributed by atoms with Crippen molar-refractivity contribution >= 4 is 27.4 Å². The summed E-state index contributed by atoms with van der Waals surface area (Å²) in [6.45, 7) is 4.69. The van der Waals surface area contributed by atoms with E-state index in [4.69, 9.17) is 0 Å². The number of alkyl halides is 1. The van der Waals surface area contributed by atoms with Crippen LogP contribution in [-0.4, -0.2) is 30.5 Å². The lowest BCUT2D eigenvalue weighted by Crippen LogP contribution is -2.20. The van der Waals surface area contributed by atoms with Gasteiger partial charge in [-0.3, -0.25) is 14.5 Å². The zero-order chi connectivity index (χ0) is 21.2. The van der Waals surface area contributed by atoms with Crippen molar-refractivity contribution in [2.24, 2.45) is 5.92 Å². The largest absolute Gasteiger partial charge is 0.311 e. The maximum atomic E-state index is 13.6. The Morgan fingerprint density at radius 3 is 2.66 bits per heavy atom. The van der Waals surface area contributed by atoms with Crippen LogP contribution in [0.4, 0.5) is 15.9 Å². The van der Waals surface area contributed by atoms with Crippen LogP contribution in [0.3, 0.4) is 0 Å². The van der Waals surface area contributed by atoms with E-state index in [-0.39, 0.29) is 10.8 Å². The number of halogens is 1. The molecule has 0 saturated heterocycles. The van der Waals surface area contributed by atoms with Crippen LogP contribution in [0.1, 0.15) is 19.5 Å². The zero-order valence-electron chi connectivity index (χ0n) is 16.2. The van der Waals surface area contributed by atoms with Gasteiger partial charge in [0.1, 0.15) is 12.0 Å². The lowest BCUT2D eigenvalue weighted by atomic mass is 10.0. The number of hydrogen-bond acceptors (Lipinski definition) is 5. The highest BCUT2D eigenvalue weighted by Crippen LogP contribution is 2.28. The molecule has 29 heavy (non-hydrogen) atoms. The Morgan fingerprint density at radius 2 is 1.97 bits per heavy atom. The van der Waals surface area contributed by atoms with E-state index in [1.165, 1.54) is 31.3 Å². The van der Waals surface area contributed by atoms with Crippen LogP contribution in [0.15, 0.2) is 53.7 Å². The van der Waals surface area contributed by atoms with Crippen molar-refractivity contribution in [3.63, 3.8) is 0 Å². The lowest BCUT2D eigenvalue weighted by molar-refractivity contribution is -0.114. The first kappa shape index (κ1) is 20.7. The van der Waals surface area contributed by atoms with Crippen molar-refractivity contribution < 1.29 is 17.6 Å². The molecule has 2 N–H and O–H groups in total. The summed E-state index contributed by atoms with van der Waals surface area (Å²) in [7, 11) is -3.89. The number of rotatable bonds is 5. The molecule has 0 saturated carbocycles. The monoisotopic (exact) mass is 416 g/mol. The number of pyridine rings is 2. The Bertz CT molecular complexity index is 1110. The van der Waals surface area contributed by atoms with Gasteiger partial charge >= 0.3 is 0 Å². The van der Waals surface area contributed by atoms with Gasteiger partial charge in [0, 0.05) is 30.8 Å². The van der Waals surface area contributed by atoms with E-state index in [0.717, 1.165) is 0 Å². The molecule has 0 radical (unpaired) electrons. The molecular formula is C20H21FN4O3S. The molecule has 1 amide bonds. The fourth-order valence-electron chi connectivity index (χ4n) is 2.80. The molecule has 0 bridgehead atoms. The quantitative estimate of drug-likeness (QED) is 0.776. The summed E-state index contributed by atoms with van der Waals surface area (Å²) in [6.07, 6.45) is 5.84. The first-order valence-electron chi connectivity index (χ1n) is 8.93. The Balaban J connectivity index is 1.91. The van der Waals surface area contributed by atoms with Gasteiger partial charge in [-0.05, 0) is 42.8 Å². The third-order valence-corrected chi connectivity index (χ3v) is 5.79. The molecule has 2 aromatic rings. The van der Waals surface area contributed by atoms with Crippen LogP contribution < -0.4 is 10.0 Å². The fraction of sp³-hybridized carbons (Fsp3) is 0.250. The number of nitrogens with one attached hydrogen (secondary N) is 2. The predicted octanol–water partition coefficient (Wildman–Crippen LogP) is 3.58. The maximum Gasteiger partial charge on any atom is 0.261 e. The molecule has 0 aromatic carbocycles. The van der Waals surface area contributed by atoms with Crippen molar-refractivity contribution in [2.75, 3.05) is 10.0 Å². The SMILES string of the molecule is CC(=O)Nc1cc(-c2cnc(C)c(NS(=O)(=O)C3=CC(C)C(F)C=C3)c2)ccn1. The second-order valence-corrected chi connectivity index (χ2v) is 8.49. The molecule has 152 valence electrons. The number of nitrogens with zero attached hydrogens (tertiary/aromatic N) is 2. The lowest BCUT2D eigenvalue weighted by Gasteiger charge is -2.18. The van der Waals surface area contributed by atoms with Gasteiger partial charge in [0.05, 0.1) is 16.3 Å². The smallest absolute Gasteiger partial charge is 0.261 e. The summed E-state index contributed by atoms with van der Waals surface area (Å²) < 4.78 is 41.6. The van der Waals surface area contributed by atoms with Crippen molar-refractivity contribution in [2.45, 2.75) is 26.9 Å². The molecular weight excluding hydrogens is 395 g/mol. The van der Waals surface area contributed by atoms with Crippen LogP contribution in [0.2, 0.25) is 0 Å². The summed E-state index contributed by atoms with van der Waals surface area (Å²) >= 11 is 0. The summed E-state index contributed by atoms with van der Waals surface area (Å²) in [4.78, 5) is 19.6. The minimum Gasteiger partial charge on any atom is -0.311 e. The Labute approximate surface area is 168 Å². The van der Waals surface area contributed by atoms with Crippen LogP contribution in [-0.2, 0) is 14.8 Å². The van der Waals surface area contributed by atoms with Crippen LogP contribution in [0.5, 0.6) is 0 Å². The summed E-state index contributed by atoms with van der Waals surface area (Å²) in [5, 5.41) is 2.60. The molecule has 0 aliphatic heterocycles. The van der Waals surface area contributed by atoms with Gasteiger partial charge in [-0.2, -0.15) is 0 Å². The Morgan fingerprint density at radius 1 is 1.21 bits per heavy atom. The molecule has 9 heteroatoms. The molecule has 7 nitrogen and oxygen atoms in total. The normalized spacial score (nSPS) is 18.8. The average Bonchev–Trinajstić information content (AvgIpc) is 2.65. The molecule has 0 fully saturated rings. The number of carbonyl (C=O) groups excluding carboxylic acids is 1. The van der Waals surface area contributed by atoms with Gasteiger partial charge < -0.3 is 5.32 Å². The Hall–Kier alpha value is -3.07. The number of sulfonamides is 1. The van der Waals surface area contributed by atoms with Crippen LogP contribution in [0.25, 0.3) is 11.1 Å². The van der Waals surface area contributed by atoms with Crippen molar-refractivity contribution in [3.05, 3.63) is 59.4 Å². The minimum atomic E-state index is -3.89. The molecule has 2 atom stereocenters. The van der Waals surface area contributed by atoms with E-state index in [0.29, 0.717) is 28.3 Å². The van der Waals surface area contributed by atoms with E-state index in [2.05, 4.69) is 20.0 Å². The molecule has 3 rings (SSSR count). The predicted molar refractivity (Wildman–Crippen MR) is 110 cm³/mol. The van der Waals surface area contributed by atoms with E-state index < -0.39 is 22.1 Å². The fourth-order valence-corrected chi connectivity index (χ4v) is 4.07. The number of aryl methyl sites for hydroxylation is 1. The van der Waals surface area contributed by atoms with Gasteiger partial charge in [0.25, 0.3) is 10.0 Å². The van der Waals surface area contributed by atoms with Gasteiger partial charge in [-0.1, -0.05) is 13.0 Å². The van der Waals surface area contributed by atoms with Gasteiger partial charge in [-0.15, -0.1) is 0 Å². The second-order valence-electron chi connectivity index (χ2n) is 6.81. The summed E-state index contributed by atoms with van der Waals surface area (Å²) in [5.41, 5.74) is 2.16. The van der Waals surface area contributed by atoms with Gasteiger partial charge in [0.2, 0.25) is 5.91 Å². The van der Waals surface area contributed by atoms with Crippen molar-refractivity contribution in [1.29, 1.82) is 0 Å². The second kappa shape index (κ2) is 8.12. The number of amides is 1. The average molecular weight is 416 g/mol. The first-order chi connectivity index (χ1) is 13.7. The number of allylic oxidation sites excluding steroid dienone is 3. The van der Waals surface area contributed by atoms with Crippen molar-refractivity contribution in [1.82, 2.24) is 9.97 Å². The molecule has 1 aliphatic carbocycles. The van der Waals surface area contributed by atoms with Gasteiger partial charge in [-0.25, -0.2) is 17.8 Å². The number of carbonyl (C=O) groups is 1. The van der Waals surface area contributed by atoms with Crippen molar-refractivity contribution in [3.8, 4) is 11.1 Å². The van der Waals surface area contributed by atoms with E-state index in [9.17, 15) is 17.6 Å². The Kier molecular flexibility index (Phi) is 5.78. The first-order valence-corrected chi connectivity index (χ1v) is 10.4. The molecule has 2 aromatic heterocycles. The van der Waals surface area contributed by atoms with E-state index in [1.54, 1.807) is 38.2 Å². The summed E-state index contributed by atoms with van der Waals surface area (Å²) in [6, 6.07) is 5.05. The molecule has 2 heterocycles. The minimum absolute atomic E-state index is 0.0144.